The van der Waals surface area contributed by atoms with Gasteiger partial charge in [0.05, 0.1) is 26.4 Å². The molecule has 3 aromatic rings. The molecule has 1 aliphatic heterocycles. The van der Waals surface area contributed by atoms with Gasteiger partial charge < -0.3 is 14.8 Å². The summed E-state index contributed by atoms with van der Waals surface area (Å²) in [6.45, 7) is 3.79. The molecule has 1 fully saturated rings. The monoisotopic (exact) mass is 418 g/mol. The lowest BCUT2D eigenvalue weighted by Crippen LogP contribution is -2.44. The number of aryl methyl sites for hydroxylation is 1. The normalized spacial score (nSPS) is 15.5. The van der Waals surface area contributed by atoms with E-state index >= 15 is 0 Å². The van der Waals surface area contributed by atoms with E-state index in [0.717, 1.165) is 37.6 Å². The molecule has 1 amide bonds. The number of methoxy groups -OCH3 is 1. The average molecular weight is 419 g/mol. The van der Waals surface area contributed by atoms with Crippen LogP contribution in [0.15, 0.2) is 66.7 Å². The molecule has 162 valence electrons. The summed E-state index contributed by atoms with van der Waals surface area (Å²) in [5, 5.41) is 5.66. The smallest absolute Gasteiger partial charge is 0.220 e. The summed E-state index contributed by atoms with van der Waals surface area (Å²) in [5.74, 6) is 0.908. The number of nitrogens with one attached hydrogen (secondary N) is 1. The van der Waals surface area contributed by atoms with Crippen LogP contribution in [-0.4, -0.2) is 50.8 Å². The van der Waals surface area contributed by atoms with E-state index in [1.54, 1.807) is 7.11 Å². The second-order valence-corrected chi connectivity index (χ2v) is 7.88. The van der Waals surface area contributed by atoms with Gasteiger partial charge in [-0.1, -0.05) is 54.6 Å². The van der Waals surface area contributed by atoms with Gasteiger partial charge in [-0.2, -0.15) is 0 Å². The van der Waals surface area contributed by atoms with Crippen molar-refractivity contribution in [3.05, 3.63) is 77.9 Å². The fourth-order valence-electron chi connectivity index (χ4n) is 4.21. The Balaban J connectivity index is 1.44. The van der Waals surface area contributed by atoms with E-state index < -0.39 is 0 Å². The summed E-state index contributed by atoms with van der Waals surface area (Å²) in [5.41, 5.74) is 2.39. The summed E-state index contributed by atoms with van der Waals surface area (Å²) < 4.78 is 10.8. The Morgan fingerprint density at radius 3 is 2.55 bits per heavy atom. The highest BCUT2D eigenvalue weighted by molar-refractivity contribution is 5.86. The van der Waals surface area contributed by atoms with E-state index in [4.69, 9.17) is 9.47 Å². The number of nitrogens with zero attached hydrogens (tertiary/aromatic N) is 1. The van der Waals surface area contributed by atoms with Crippen molar-refractivity contribution in [3.63, 3.8) is 0 Å². The van der Waals surface area contributed by atoms with E-state index in [-0.39, 0.29) is 11.9 Å². The molecule has 1 aliphatic rings. The molecule has 0 saturated carbocycles. The van der Waals surface area contributed by atoms with Crippen molar-refractivity contribution in [1.82, 2.24) is 10.2 Å². The maximum absolute atomic E-state index is 12.6. The number of carbonyl (C=O) groups excluding carboxylic acids is 1. The van der Waals surface area contributed by atoms with Crippen LogP contribution in [0, 0.1) is 0 Å². The number of morpholine rings is 1. The lowest BCUT2D eigenvalue weighted by atomic mass is 9.97. The maximum Gasteiger partial charge on any atom is 0.220 e. The molecule has 0 aromatic heterocycles. The van der Waals surface area contributed by atoms with Crippen molar-refractivity contribution in [2.75, 3.05) is 40.0 Å². The molecular formula is C26H30N2O3. The van der Waals surface area contributed by atoms with E-state index in [1.165, 1.54) is 16.3 Å². The van der Waals surface area contributed by atoms with Gasteiger partial charge in [-0.05, 0) is 40.5 Å². The van der Waals surface area contributed by atoms with Gasteiger partial charge in [-0.3, -0.25) is 9.69 Å². The van der Waals surface area contributed by atoms with Gasteiger partial charge in [-0.15, -0.1) is 0 Å². The van der Waals surface area contributed by atoms with Gasteiger partial charge in [0.25, 0.3) is 0 Å². The fraction of sp³-hybridized carbons (Fsp3) is 0.346. The van der Waals surface area contributed by atoms with Crippen molar-refractivity contribution >= 4 is 16.7 Å². The number of rotatable bonds is 8. The molecule has 0 unspecified atom stereocenters. The third-order valence-corrected chi connectivity index (χ3v) is 5.96. The Kier molecular flexibility index (Phi) is 7.18. The number of fused-ring (bicyclic) bond motifs is 1. The molecule has 5 heteroatoms. The van der Waals surface area contributed by atoms with E-state index in [0.29, 0.717) is 19.4 Å². The minimum absolute atomic E-state index is 0.0781. The van der Waals surface area contributed by atoms with Gasteiger partial charge in [-0.25, -0.2) is 0 Å². The number of ether oxygens (including phenoxy) is 2. The lowest BCUT2D eigenvalue weighted by molar-refractivity contribution is -0.121. The molecular weight excluding hydrogens is 388 g/mol. The molecule has 5 nitrogen and oxygen atoms in total. The van der Waals surface area contributed by atoms with Crippen molar-refractivity contribution in [3.8, 4) is 5.75 Å². The van der Waals surface area contributed by atoms with Crippen LogP contribution in [0.5, 0.6) is 5.75 Å². The molecule has 1 atom stereocenters. The first-order valence-corrected chi connectivity index (χ1v) is 10.9. The standard InChI is InChI=1S/C26H30N2O3/c1-30-22-12-9-20(10-13-22)11-14-26(29)27-19-25(28-15-17-31-18-16-28)24-8-4-6-21-5-2-3-7-23(21)24/h2-10,12-13,25H,11,14-19H2,1H3,(H,27,29)/t25-/m0/s1. The highest BCUT2D eigenvalue weighted by Crippen LogP contribution is 2.28. The second kappa shape index (κ2) is 10.4. The zero-order valence-electron chi connectivity index (χ0n) is 18.0. The van der Waals surface area contributed by atoms with Crippen LogP contribution in [-0.2, 0) is 16.0 Å². The van der Waals surface area contributed by atoms with Crippen LogP contribution in [0.1, 0.15) is 23.6 Å². The van der Waals surface area contributed by atoms with Gasteiger partial charge in [0.15, 0.2) is 0 Å². The molecule has 0 spiro atoms. The minimum Gasteiger partial charge on any atom is -0.497 e. The third kappa shape index (κ3) is 5.43. The number of carbonyl (C=O) groups is 1. The predicted octanol–water partition coefficient (Wildman–Crippen LogP) is 3.97. The molecule has 0 aliphatic carbocycles. The number of benzene rings is 3. The van der Waals surface area contributed by atoms with Crippen molar-refractivity contribution < 1.29 is 14.3 Å². The van der Waals surface area contributed by atoms with Gasteiger partial charge >= 0.3 is 0 Å². The zero-order chi connectivity index (χ0) is 21.5. The van der Waals surface area contributed by atoms with Crippen LogP contribution in [0.3, 0.4) is 0 Å². The topological polar surface area (TPSA) is 50.8 Å². The number of hydrogen-bond donors (Lipinski definition) is 1. The first-order valence-electron chi connectivity index (χ1n) is 10.9. The second-order valence-electron chi connectivity index (χ2n) is 7.88. The first kappa shape index (κ1) is 21.3. The molecule has 0 radical (unpaired) electrons. The Morgan fingerprint density at radius 1 is 1.03 bits per heavy atom. The van der Waals surface area contributed by atoms with Crippen LogP contribution < -0.4 is 10.1 Å². The van der Waals surface area contributed by atoms with Crippen molar-refractivity contribution in [1.29, 1.82) is 0 Å². The van der Waals surface area contributed by atoms with Crippen molar-refractivity contribution in [2.24, 2.45) is 0 Å². The minimum atomic E-state index is 0.0781. The van der Waals surface area contributed by atoms with E-state index in [1.807, 2.05) is 24.3 Å². The zero-order valence-corrected chi connectivity index (χ0v) is 18.0. The SMILES string of the molecule is COc1ccc(CCC(=O)NC[C@@H](c2cccc3ccccc23)N2CCOCC2)cc1. The van der Waals surface area contributed by atoms with Crippen molar-refractivity contribution in [2.45, 2.75) is 18.9 Å². The van der Waals surface area contributed by atoms with Crippen LogP contribution in [0.2, 0.25) is 0 Å². The molecule has 3 aromatic carbocycles. The van der Waals surface area contributed by atoms with Gasteiger partial charge in [0.1, 0.15) is 5.75 Å². The van der Waals surface area contributed by atoms with Crippen LogP contribution in [0.4, 0.5) is 0 Å². The Morgan fingerprint density at radius 2 is 1.77 bits per heavy atom. The summed E-state index contributed by atoms with van der Waals surface area (Å²) in [4.78, 5) is 15.1. The lowest BCUT2D eigenvalue weighted by Gasteiger charge is -2.35. The summed E-state index contributed by atoms with van der Waals surface area (Å²) in [6, 6.07) is 22.9. The Bertz CT molecular complexity index is 992. The highest BCUT2D eigenvalue weighted by atomic mass is 16.5. The average Bonchev–Trinajstić information content (AvgIpc) is 2.84. The molecule has 1 heterocycles. The Labute approximate surface area is 184 Å². The summed E-state index contributed by atoms with van der Waals surface area (Å²) in [7, 11) is 1.66. The fourth-order valence-corrected chi connectivity index (χ4v) is 4.21. The Hall–Kier alpha value is -2.89. The summed E-state index contributed by atoms with van der Waals surface area (Å²) in [6.07, 6.45) is 1.18. The third-order valence-electron chi connectivity index (χ3n) is 5.96. The van der Waals surface area contributed by atoms with E-state index in [9.17, 15) is 4.79 Å². The maximum atomic E-state index is 12.6. The molecule has 4 rings (SSSR count). The highest BCUT2D eigenvalue weighted by Gasteiger charge is 2.24. The first-order chi connectivity index (χ1) is 15.2. The number of amides is 1. The van der Waals surface area contributed by atoms with Gasteiger partial charge in [0.2, 0.25) is 5.91 Å². The predicted molar refractivity (Wildman–Crippen MR) is 123 cm³/mol. The quantitative estimate of drug-likeness (QED) is 0.601. The molecule has 1 N–H and O–H groups in total. The van der Waals surface area contributed by atoms with Crippen LogP contribution in [0.25, 0.3) is 10.8 Å². The van der Waals surface area contributed by atoms with Gasteiger partial charge in [0, 0.05) is 26.1 Å². The molecule has 31 heavy (non-hydrogen) atoms. The molecule has 0 bridgehead atoms. The van der Waals surface area contributed by atoms with E-state index in [2.05, 4.69) is 52.7 Å². The van der Waals surface area contributed by atoms with Crippen LogP contribution >= 0.6 is 0 Å². The largest absolute Gasteiger partial charge is 0.497 e. The molecule has 1 saturated heterocycles. The summed E-state index contributed by atoms with van der Waals surface area (Å²) >= 11 is 0. The number of hydrogen-bond acceptors (Lipinski definition) is 4.